The Morgan fingerprint density at radius 3 is 2.88 bits per heavy atom. The number of halogens is 1. The lowest BCUT2D eigenvalue weighted by Gasteiger charge is -2.13. The van der Waals surface area contributed by atoms with E-state index in [1.165, 1.54) is 6.33 Å². The lowest BCUT2D eigenvalue weighted by Crippen LogP contribution is -2.24. The van der Waals surface area contributed by atoms with Crippen molar-refractivity contribution >= 4 is 28.6 Å². The molecule has 3 atom stereocenters. The Morgan fingerprint density at radius 1 is 1.27 bits per heavy atom. The Kier molecular flexibility index (Phi) is 4.73. The third-order valence-electron chi connectivity index (χ3n) is 4.46. The van der Waals surface area contributed by atoms with Gasteiger partial charge in [-0.15, -0.1) is 0 Å². The summed E-state index contributed by atoms with van der Waals surface area (Å²) in [7, 11) is 0. The number of rotatable bonds is 5. The van der Waals surface area contributed by atoms with Crippen molar-refractivity contribution in [1.82, 2.24) is 19.5 Å². The van der Waals surface area contributed by atoms with Crippen molar-refractivity contribution in [1.29, 1.82) is 0 Å². The van der Waals surface area contributed by atoms with Crippen molar-refractivity contribution in [3.05, 3.63) is 47.5 Å². The van der Waals surface area contributed by atoms with Crippen molar-refractivity contribution in [2.24, 2.45) is 0 Å². The molecule has 136 valence electrons. The van der Waals surface area contributed by atoms with E-state index in [1.54, 1.807) is 10.9 Å². The van der Waals surface area contributed by atoms with Crippen LogP contribution in [0, 0.1) is 0 Å². The molecule has 0 aliphatic carbocycles. The van der Waals surface area contributed by atoms with Crippen LogP contribution in [0.25, 0.3) is 11.2 Å². The Morgan fingerprint density at radius 2 is 2.12 bits per heavy atom. The first-order valence-electron chi connectivity index (χ1n) is 8.26. The highest BCUT2D eigenvalue weighted by Crippen LogP contribution is 2.31. The van der Waals surface area contributed by atoms with Crippen LogP contribution < -0.4 is 5.32 Å². The Labute approximate surface area is 154 Å². The molecule has 3 heterocycles. The van der Waals surface area contributed by atoms with Crippen LogP contribution in [-0.4, -0.2) is 48.5 Å². The molecule has 0 bridgehead atoms. The number of aliphatic hydroxyl groups is 2. The summed E-state index contributed by atoms with van der Waals surface area (Å²) < 4.78 is 7.43. The van der Waals surface area contributed by atoms with E-state index in [4.69, 9.17) is 16.3 Å². The minimum absolute atomic E-state index is 0.232. The Balaban J connectivity index is 1.58. The van der Waals surface area contributed by atoms with E-state index in [9.17, 15) is 10.2 Å². The number of ether oxygens (including phenoxy) is 1. The van der Waals surface area contributed by atoms with Crippen molar-refractivity contribution in [3.8, 4) is 0 Å². The largest absolute Gasteiger partial charge is 0.394 e. The first-order valence-corrected chi connectivity index (χ1v) is 8.64. The average Bonchev–Trinajstić information content (AvgIpc) is 3.24. The quantitative estimate of drug-likeness (QED) is 0.623. The molecule has 9 heteroatoms. The summed E-state index contributed by atoms with van der Waals surface area (Å²) in [5.41, 5.74) is 2.15. The van der Waals surface area contributed by atoms with Gasteiger partial charge in [-0.25, -0.2) is 15.0 Å². The van der Waals surface area contributed by atoms with Crippen LogP contribution in [-0.2, 0) is 11.3 Å². The van der Waals surface area contributed by atoms with Crippen LogP contribution in [0.5, 0.6) is 0 Å². The Bertz CT molecular complexity index is 918. The fraction of sp³-hybridized carbons (Fsp3) is 0.353. The van der Waals surface area contributed by atoms with Gasteiger partial charge in [-0.3, -0.25) is 4.57 Å². The van der Waals surface area contributed by atoms with E-state index in [1.807, 2.05) is 24.3 Å². The Hall–Kier alpha value is -2.26. The zero-order chi connectivity index (χ0) is 18.1. The average molecular weight is 376 g/mol. The summed E-state index contributed by atoms with van der Waals surface area (Å²) in [6.45, 7) is 0.272. The topological polar surface area (TPSA) is 105 Å². The number of nitrogens with one attached hydrogen (secondary N) is 1. The molecule has 26 heavy (non-hydrogen) atoms. The number of hydrogen-bond acceptors (Lipinski definition) is 7. The standard InChI is InChI=1S/C17H18ClN5O3/c18-11-4-2-1-3-10(11)6-19-16-15-17(21-8-20-16)23(9-22-15)14-5-12(25)13(7-24)26-14/h1-4,8-9,12-14,24-25H,5-7H2,(H,19,20,21)/t12-,13+,14?/m0/s1. The van der Waals surface area contributed by atoms with Gasteiger partial charge in [0.05, 0.1) is 19.0 Å². The second-order valence-electron chi connectivity index (χ2n) is 6.11. The predicted molar refractivity (Wildman–Crippen MR) is 95.7 cm³/mol. The van der Waals surface area contributed by atoms with E-state index >= 15 is 0 Å². The van der Waals surface area contributed by atoms with Gasteiger partial charge in [0.1, 0.15) is 18.7 Å². The minimum atomic E-state index is -0.720. The van der Waals surface area contributed by atoms with Crippen LogP contribution in [0.4, 0.5) is 5.82 Å². The number of benzene rings is 1. The third-order valence-corrected chi connectivity index (χ3v) is 4.83. The predicted octanol–water partition coefficient (Wildman–Crippen LogP) is 1.73. The summed E-state index contributed by atoms with van der Waals surface area (Å²) >= 11 is 6.19. The number of aliphatic hydroxyl groups excluding tert-OH is 2. The highest BCUT2D eigenvalue weighted by molar-refractivity contribution is 6.31. The summed E-state index contributed by atoms with van der Waals surface area (Å²) in [5, 5.41) is 23.1. The lowest BCUT2D eigenvalue weighted by atomic mass is 10.2. The molecular formula is C17H18ClN5O3. The molecular weight excluding hydrogens is 358 g/mol. The highest BCUT2D eigenvalue weighted by Gasteiger charge is 2.35. The van der Waals surface area contributed by atoms with Crippen LogP contribution in [0.15, 0.2) is 36.9 Å². The fourth-order valence-electron chi connectivity index (χ4n) is 3.06. The number of nitrogens with zero attached hydrogens (tertiary/aromatic N) is 4. The molecule has 3 N–H and O–H groups in total. The summed E-state index contributed by atoms with van der Waals surface area (Å²) in [6.07, 6.45) is 1.67. The lowest BCUT2D eigenvalue weighted by molar-refractivity contribution is -0.0432. The molecule has 1 aliphatic rings. The van der Waals surface area contributed by atoms with Gasteiger partial charge in [0.15, 0.2) is 17.0 Å². The number of aromatic nitrogens is 4. The molecule has 1 fully saturated rings. The van der Waals surface area contributed by atoms with Gasteiger partial charge in [0.2, 0.25) is 0 Å². The molecule has 1 unspecified atom stereocenters. The van der Waals surface area contributed by atoms with E-state index < -0.39 is 18.4 Å². The normalized spacial score (nSPS) is 22.8. The van der Waals surface area contributed by atoms with E-state index in [0.29, 0.717) is 35.0 Å². The van der Waals surface area contributed by atoms with Gasteiger partial charge in [0, 0.05) is 18.0 Å². The van der Waals surface area contributed by atoms with Gasteiger partial charge in [-0.05, 0) is 11.6 Å². The number of fused-ring (bicyclic) bond motifs is 1. The molecule has 0 radical (unpaired) electrons. The maximum absolute atomic E-state index is 9.94. The minimum Gasteiger partial charge on any atom is -0.394 e. The number of hydrogen-bond donors (Lipinski definition) is 3. The van der Waals surface area contributed by atoms with Crippen LogP contribution >= 0.6 is 11.6 Å². The molecule has 0 saturated carbocycles. The first-order chi connectivity index (χ1) is 12.7. The summed E-state index contributed by atoms with van der Waals surface area (Å²) in [4.78, 5) is 13.0. The van der Waals surface area contributed by atoms with Gasteiger partial charge < -0.3 is 20.3 Å². The molecule has 3 aromatic rings. The highest BCUT2D eigenvalue weighted by atomic mass is 35.5. The molecule has 4 rings (SSSR count). The van der Waals surface area contributed by atoms with Crippen LogP contribution in [0.3, 0.4) is 0 Å². The van der Waals surface area contributed by atoms with Crippen molar-refractivity contribution in [3.63, 3.8) is 0 Å². The molecule has 1 aliphatic heterocycles. The van der Waals surface area contributed by atoms with Gasteiger partial charge in [0.25, 0.3) is 0 Å². The monoisotopic (exact) mass is 375 g/mol. The molecule has 0 spiro atoms. The van der Waals surface area contributed by atoms with Crippen molar-refractivity contribution in [2.45, 2.75) is 31.4 Å². The smallest absolute Gasteiger partial charge is 0.167 e. The van der Waals surface area contributed by atoms with Gasteiger partial charge >= 0.3 is 0 Å². The first kappa shape index (κ1) is 17.2. The fourth-order valence-corrected chi connectivity index (χ4v) is 3.27. The second-order valence-corrected chi connectivity index (χ2v) is 6.51. The molecule has 8 nitrogen and oxygen atoms in total. The maximum atomic E-state index is 9.94. The molecule has 1 saturated heterocycles. The number of imidazole rings is 1. The van der Waals surface area contributed by atoms with Crippen molar-refractivity contribution in [2.75, 3.05) is 11.9 Å². The number of anilines is 1. The van der Waals surface area contributed by atoms with E-state index in [0.717, 1.165) is 5.56 Å². The van der Waals surface area contributed by atoms with E-state index in [2.05, 4.69) is 20.3 Å². The maximum Gasteiger partial charge on any atom is 0.167 e. The third kappa shape index (κ3) is 3.12. The summed E-state index contributed by atoms with van der Waals surface area (Å²) in [5.74, 6) is 0.589. The van der Waals surface area contributed by atoms with Crippen LogP contribution in [0.1, 0.15) is 18.2 Å². The molecule has 0 amide bonds. The summed E-state index contributed by atoms with van der Waals surface area (Å²) in [6, 6.07) is 7.58. The second kappa shape index (κ2) is 7.16. The zero-order valence-electron chi connectivity index (χ0n) is 13.8. The SMILES string of the molecule is OC[C@H]1OC(n2cnc3c(NCc4ccccc4Cl)ncnc32)C[C@@H]1O. The van der Waals surface area contributed by atoms with Gasteiger partial charge in [-0.1, -0.05) is 29.8 Å². The van der Waals surface area contributed by atoms with Crippen molar-refractivity contribution < 1.29 is 14.9 Å². The van der Waals surface area contributed by atoms with Crippen LogP contribution in [0.2, 0.25) is 5.02 Å². The van der Waals surface area contributed by atoms with Gasteiger partial charge in [-0.2, -0.15) is 0 Å². The molecule has 2 aromatic heterocycles. The van der Waals surface area contributed by atoms with E-state index in [-0.39, 0.29) is 6.61 Å². The zero-order valence-corrected chi connectivity index (χ0v) is 14.5. The molecule has 1 aromatic carbocycles.